The van der Waals surface area contributed by atoms with Gasteiger partial charge in [-0.1, -0.05) is 6.07 Å². The summed E-state index contributed by atoms with van der Waals surface area (Å²) in [6, 6.07) is 5.74. The predicted octanol–water partition coefficient (Wildman–Crippen LogP) is 1.79. The van der Waals surface area contributed by atoms with Crippen molar-refractivity contribution in [1.82, 2.24) is 24.9 Å². The molecular weight excluding hydrogens is 412 g/mol. The van der Waals surface area contributed by atoms with Crippen LogP contribution >= 0.6 is 0 Å². The van der Waals surface area contributed by atoms with Crippen molar-refractivity contribution < 1.29 is 14.3 Å². The highest BCUT2D eigenvalue weighted by atomic mass is 16.6. The molecule has 5 heterocycles. The Morgan fingerprint density at radius 1 is 1.25 bits per heavy atom. The highest BCUT2D eigenvalue weighted by molar-refractivity contribution is 6.06. The maximum atomic E-state index is 12.2. The number of fused-ring (bicyclic) bond motifs is 2. The SMILES string of the molecule is CC1(C)C(=O)Nc2cc(Nc3nc4c(N5CCC6(CNC(=O)O6)C5)nccn4n3)ccc21. The standard InChI is InChI=1S/C21H22N8O3/c1-20(2)13-4-3-12(9-14(13)25-17(20)30)24-18-26-16-15(22-6-8-29(16)27-18)28-7-5-21(11-28)10-23-19(31)32-21/h3-4,6,8-9H,5,7,10-11H2,1-2H3,(H,23,31)(H,24,27)(H,25,30). The first-order chi connectivity index (χ1) is 15.3. The minimum Gasteiger partial charge on any atom is -0.439 e. The minimum atomic E-state index is -0.550. The zero-order valence-corrected chi connectivity index (χ0v) is 17.7. The Labute approximate surface area is 183 Å². The molecule has 2 saturated heterocycles. The Morgan fingerprint density at radius 2 is 2.12 bits per heavy atom. The third kappa shape index (κ3) is 2.77. The number of carbonyl (C=O) groups excluding carboxylic acids is 2. The van der Waals surface area contributed by atoms with E-state index in [-0.39, 0.29) is 12.0 Å². The molecule has 0 radical (unpaired) electrons. The Morgan fingerprint density at radius 3 is 2.94 bits per heavy atom. The number of nitrogens with zero attached hydrogens (tertiary/aromatic N) is 5. The van der Waals surface area contributed by atoms with Gasteiger partial charge in [-0.3, -0.25) is 4.79 Å². The number of alkyl carbamates (subject to hydrolysis) is 1. The van der Waals surface area contributed by atoms with Crippen LogP contribution in [0.5, 0.6) is 0 Å². The lowest BCUT2D eigenvalue weighted by Gasteiger charge is -2.21. The first kappa shape index (κ1) is 18.8. The van der Waals surface area contributed by atoms with Gasteiger partial charge in [-0.15, -0.1) is 5.10 Å². The number of benzene rings is 1. The van der Waals surface area contributed by atoms with Gasteiger partial charge in [0.2, 0.25) is 11.9 Å². The van der Waals surface area contributed by atoms with Crippen molar-refractivity contribution in [1.29, 1.82) is 0 Å². The Hall–Kier alpha value is -3.89. The first-order valence-electron chi connectivity index (χ1n) is 10.5. The molecule has 32 heavy (non-hydrogen) atoms. The van der Waals surface area contributed by atoms with Gasteiger partial charge in [-0.25, -0.2) is 14.3 Å². The van der Waals surface area contributed by atoms with E-state index < -0.39 is 11.0 Å². The van der Waals surface area contributed by atoms with Crippen LogP contribution in [-0.4, -0.2) is 56.8 Å². The number of carbonyl (C=O) groups is 2. The van der Waals surface area contributed by atoms with Crippen molar-refractivity contribution in [2.24, 2.45) is 0 Å². The number of amides is 2. The van der Waals surface area contributed by atoms with E-state index in [2.05, 4.69) is 35.9 Å². The van der Waals surface area contributed by atoms with Gasteiger partial charge in [0.05, 0.1) is 18.5 Å². The second kappa shape index (κ2) is 6.31. The lowest BCUT2D eigenvalue weighted by molar-refractivity contribution is -0.119. The summed E-state index contributed by atoms with van der Waals surface area (Å²) in [6.45, 7) is 5.57. The lowest BCUT2D eigenvalue weighted by Crippen LogP contribution is -2.37. The summed E-state index contributed by atoms with van der Waals surface area (Å²) >= 11 is 0. The molecule has 6 rings (SSSR count). The number of nitrogens with one attached hydrogen (secondary N) is 3. The molecule has 2 fully saturated rings. The number of hydrogen-bond acceptors (Lipinski definition) is 8. The maximum absolute atomic E-state index is 12.2. The fourth-order valence-electron chi connectivity index (χ4n) is 4.64. The normalized spacial score (nSPS) is 23.4. The maximum Gasteiger partial charge on any atom is 0.407 e. The number of anilines is 4. The van der Waals surface area contributed by atoms with Crippen LogP contribution in [0.1, 0.15) is 25.8 Å². The van der Waals surface area contributed by atoms with E-state index in [1.807, 2.05) is 32.0 Å². The summed E-state index contributed by atoms with van der Waals surface area (Å²) in [6.07, 6.45) is 3.77. The molecule has 1 aromatic carbocycles. The molecule has 11 heteroatoms. The van der Waals surface area contributed by atoms with Crippen molar-refractivity contribution >= 4 is 40.8 Å². The van der Waals surface area contributed by atoms with Crippen molar-refractivity contribution in [3.05, 3.63) is 36.2 Å². The van der Waals surface area contributed by atoms with Crippen molar-refractivity contribution in [2.45, 2.75) is 31.3 Å². The van der Waals surface area contributed by atoms with E-state index in [0.717, 1.165) is 23.4 Å². The molecule has 3 aliphatic heterocycles. The largest absolute Gasteiger partial charge is 0.439 e. The minimum absolute atomic E-state index is 0.0160. The smallest absolute Gasteiger partial charge is 0.407 e. The van der Waals surface area contributed by atoms with E-state index >= 15 is 0 Å². The molecule has 3 N–H and O–H groups in total. The van der Waals surface area contributed by atoms with Crippen molar-refractivity contribution in [3.8, 4) is 0 Å². The molecule has 0 bridgehead atoms. The van der Waals surface area contributed by atoms with E-state index in [9.17, 15) is 9.59 Å². The van der Waals surface area contributed by atoms with Crippen LogP contribution in [0.4, 0.5) is 27.9 Å². The average molecular weight is 434 g/mol. The van der Waals surface area contributed by atoms with Crippen LogP contribution in [0.25, 0.3) is 5.65 Å². The summed E-state index contributed by atoms with van der Waals surface area (Å²) in [5.41, 5.74) is 2.07. The summed E-state index contributed by atoms with van der Waals surface area (Å²) in [4.78, 5) is 35.0. The van der Waals surface area contributed by atoms with E-state index in [0.29, 0.717) is 37.0 Å². The van der Waals surface area contributed by atoms with Gasteiger partial charge < -0.3 is 25.6 Å². The number of rotatable bonds is 3. The highest BCUT2D eigenvalue weighted by Crippen LogP contribution is 2.39. The molecule has 0 saturated carbocycles. The Bertz CT molecular complexity index is 1290. The zero-order chi connectivity index (χ0) is 22.1. The molecule has 3 aromatic rings. The van der Waals surface area contributed by atoms with Gasteiger partial charge in [-0.2, -0.15) is 4.98 Å². The predicted molar refractivity (Wildman–Crippen MR) is 116 cm³/mol. The first-order valence-corrected chi connectivity index (χ1v) is 10.5. The van der Waals surface area contributed by atoms with E-state index in [4.69, 9.17) is 4.74 Å². The van der Waals surface area contributed by atoms with Crippen LogP contribution in [-0.2, 0) is 14.9 Å². The Kier molecular flexibility index (Phi) is 3.72. The molecule has 2 aromatic heterocycles. The molecule has 11 nitrogen and oxygen atoms in total. The molecule has 3 aliphatic rings. The summed E-state index contributed by atoms with van der Waals surface area (Å²) in [5, 5.41) is 13.4. The fourth-order valence-corrected chi connectivity index (χ4v) is 4.64. The zero-order valence-electron chi connectivity index (χ0n) is 17.7. The molecule has 164 valence electrons. The lowest BCUT2D eigenvalue weighted by atomic mass is 9.86. The van der Waals surface area contributed by atoms with Gasteiger partial charge in [-0.05, 0) is 31.5 Å². The quantitative estimate of drug-likeness (QED) is 0.570. The van der Waals surface area contributed by atoms with Crippen LogP contribution in [0.3, 0.4) is 0 Å². The monoisotopic (exact) mass is 434 g/mol. The average Bonchev–Trinajstić information content (AvgIpc) is 3.49. The van der Waals surface area contributed by atoms with Crippen LogP contribution < -0.4 is 20.9 Å². The molecule has 1 spiro atoms. The number of hydrogen-bond donors (Lipinski definition) is 3. The highest BCUT2D eigenvalue weighted by Gasteiger charge is 2.46. The van der Waals surface area contributed by atoms with Crippen LogP contribution in [0.2, 0.25) is 0 Å². The van der Waals surface area contributed by atoms with Crippen LogP contribution in [0.15, 0.2) is 30.6 Å². The summed E-state index contributed by atoms with van der Waals surface area (Å²) < 4.78 is 7.19. The third-order valence-electron chi connectivity index (χ3n) is 6.48. The van der Waals surface area contributed by atoms with Gasteiger partial charge in [0, 0.05) is 36.7 Å². The molecule has 0 aliphatic carbocycles. The molecule has 2 amide bonds. The molecule has 1 atom stereocenters. The second-order valence-electron chi connectivity index (χ2n) is 9.02. The topological polar surface area (TPSA) is 126 Å². The second-order valence-corrected chi connectivity index (χ2v) is 9.02. The number of ether oxygens (including phenoxy) is 1. The third-order valence-corrected chi connectivity index (χ3v) is 6.48. The van der Waals surface area contributed by atoms with E-state index in [1.165, 1.54) is 0 Å². The Balaban J connectivity index is 1.27. The molecule has 1 unspecified atom stereocenters. The van der Waals surface area contributed by atoms with Gasteiger partial charge in [0.1, 0.15) is 0 Å². The number of aromatic nitrogens is 4. The van der Waals surface area contributed by atoms with Gasteiger partial charge in [0.25, 0.3) is 0 Å². The van der Waals surface area contributed by atoms with Gasteiger partial charge >= 0.3 is 6.09 Å². The fraction of sp³-hybridized carbons (Fsp3) is 0.381. The molecular formula is C21H22N8O3. The summed E-state index contributed by atoms with van der Waals surface area (Å²) in [7, 11) is 0. The van der Waals surface area contributed by atoms with E-state index in [1.54, 1.807) is 16.9 Å². The van der Waals surface area contributed by atoms with Crippen molar-refractivity contribution in [2.75, 3.05) is 35.2 Å². The van der Waals surface area contributed by atoms with Crippen LogP contribution in [0, 0.1) is 0 Å². The summed E-state index contributed by atoms with van der Waals surface area (Å²) in [5.74, 6) is 1.10. The van der Waals surface area contributed by atoms with Gasteiger partial charge in [0.15, 0.2) is 17.1 Å². The van der Waals surface area contributed by atoms with Crippen molar-refractivity contribution in [3.63, 3.8) is 0 Å².